The van der Waals surface area contributed by atoms with Crippen molar-refractivity contribution in [2.75, 3.05) is 7.11 Å². The van der Waals surface area contributed by atoms with E-state index >= 15 is 0 Å². The number of aromatic nitrogens is 2. The SMILES string of the molecule is COc1ccc(C[C@@H](NC(=O)NC2CCCC2)c2nc3ccccc3[nH]2)cc1. The molecule has 1 heterocycles. The highest BCUT2D eigenvalue weighted by atomic mass is 16.5. The third-order valence-electron chi connectivity index (χ3n) is 5.33. The highest BCUT2D eigenvalue weighted by Crippen LogP contribution is 2.22. The maximum Gasteiger partial charge on any atom is 0.315 e. The Balaban J connectivity index is 1.54. The molecule has 28 heavy (non-hydrogen) atoms. The van der Waals surface area contributed by atoms with Gasteiger partial charge < -0.3 is 20.4 Å². The predicted molar refractivity (Wildman–Crippen MR) is 109 cm³/mol. The summed E-state index contributed by atoms with van der Waals surface area (Å²) in [4.78, 5) is 20.7. The quantitative estimate of drug-likeness (QED) is 0.604. The number of amides is 2. The van der Waals surface area contributed by atoms with Crippen molar-refractivity contribution in [3.63, 3.8) is 0 Å². The van der Waals surface area contributed by atoms with E-state index in [1.165, 1.54) is 12.8 Å². The molecule has 2 aromatic carbocycles. The Kier molecular flexibility index (Phi) is 5.46. The molecule has 6 nitrogen and oxygen atoms in total. The van der Waals surface area contributed by atoms with Crippen molar-refractivity contribution in [1.29, 1.82) is 0 Å². The number of imidazole rings is 1. The molecule has 0 saturated heterocycles. The van der Waals surface area contributed by atoms with E-state index in [2.05, 4.69) is 15.6 Å². The van der Waals surface area contributed by atoms with Gasteiger partial charge in [-0.2, -0.15) is 0 Å². The molecule has 1 atom stereocenters. The second-order valence-electron chi connectivity index (χ2n) is 7.34. The number of carbonyl (C=O) groups excluding carboxylic acids is 1. The van der Waals surface area contributed by atoms with Crippen LogP contribution in [0.15, 0.2) is 48.5 Å². The number of H-pyrrole nitrogens is 1. The molecule has 0 radical (unpaired) electrons. The molecule has 1 aliphatic rings. The van der Waals surface area contributed by atoms with E-state index < -0.39 is 0 Å². The summed E-state index contributed by atoms with van der Waals surface area (Å²) in [5.41, 5.74) is 2.97. The van der Waals surface area contributed by atoms with Crippen molar-refractivity contribution < 1.29 is 9.53 Å². The summed E-state index contributed by atoms with van der Waals surface area (Å²) in [5, 5.41) is 6.23. The second-order valence-corrected chi connectivity index (χ2v) is 7.34. The fraction of sp³-hybridized carbons (Fsp3) is 0.364. The molecule has 1 saturated carbocycles. The highest BCUT2D eigenvalue weighted by Gasteiger charge is 2.22. The van der Waals surface area contributed by atoms with Gasteiger partial charge in [0.15, 0.2) is 0 Å². The molecule has 4 rings (SSSR count). The van der Waals surface area contributed by atoms with E-state index in [1.807, 2.05) is 48.5 Å². The van der Waals surface area contributed by atoms with Gasteiger partial charge in [-0.3, -0.25) is 0 Å². The number of ether oxygens (including phenoxy) is 1. The van der Waals surface area contributed by atoms with Crippen LogP contribution in [0.3, 0.4) is 0 Å². The number of nitrogens with one attached hydrogen (secondary N) is 3. The minimum atomic E-state index is -0.248. The molecular formula is C22H26N4O2. The number of benzene rings is 2. The van der Waals surface area contributed by atoms with Gasteiger partial charge in [-0.25, -0.2) is 9.78 Å². The monoisotopic (exact) mass is 378 g/mol. The maximum absolute atomic E-state index is 12.6. The van der Waals surface area contributed by atoms with Gasteiger partial charge in [0.05, 0.1) is 24.2 Å². The lowest BCUT2D eigenvalue weighted by Crippen LogP contribution is -2.43. The molecule has 0 aliphatic heterocycles. The zero-order valence-corrected chi connectivity index (χ0v) is 16.1. The summed E-state index contributed by atoms with van der Waals surface area (Å²) >= 11 is 0. The number of hydrogen-bond donors (Lipinski definition) is 3. The summed E-state index contributed by atoms with van der Waals surface area (Å²) < 4.78 is 5.24. The molecule has 1 fully saturated rings. The summed E-state index contributed by atoms with van der Waals surface area (Å²) in [6.45, 7) is 0. The van der Waals surface area contributed by atoms with Gasteiger partial charge in [0.2, 0.25) is 0 Å². The number of fused-ring (bicyclic) bond motifs is 1. The molecule has 2 amide bonds. The fourth-order valence-electron chi connectivity index (χ4n) is 3.81. The number of hydrogen-bond acceptors (Lipinski definition) is 3. The maximum atomic E-state index is 12.6. The van der Waals surface area contributed by atoms with Crippen molar-refractivity contribution in [1.82, 2.24) is 20.6 Å². The minimum absolute atomic E-state index is 0.133. The van der Waals surface area contributed by atoms with Crippen LogP contribution in [0, 0.1) is 0 Å². The third kappa shape index (κ3) is 4.27. The molecular weight excluding hydrogens is 352 g/mol. The predicted octanol–water partition coefficient (Wildman–Crippen LogP) is 4.10. The first kappa shape index (κ1) is 18.3. The Bertz CT molecular complexity index is 896. The lowest BCUT2D eigenvalue weighted by atomic mass is 10.1. The lowest BCUT2D eigenvalue weighted by molar-refractivity contribution is 0.232. The smallest absolute Gasteiger partial charge is 0.315 e. The number of rotatable bonds is 6. The molecule has 0 unspecified atom stereocenters. The second kappa shape index (κ2) is 8.33. The Morgan fingerprint density at radius 2 is 1.93 bits per heavy atom. The molecule has 146 valence electrons. The molecule has 1 aliphatic carbocycles. The Labute approximate surface area is 164 Å². The van der Waals surface area contributed by atoms with E-state index in [9.17, 15) is 4.79 Å². The van der Waals surface area contributed by atoms with Gasteiger partial charge in [0, 0.05) is 6.04 Å². The first-order valence-corrected chi connectivity index (χ1v) is 9.86. The van der Waals surface area contributed by atoms with Crippen LogP contribution in [0.4, 0.5) is 4.79 Å². The van der Waals surface area contributed by atoms with Gasteiger partial charge in [0.25, 0.3) is 0 Å². The minimum Gasteiger partial charge on any atom is -0.497 e. The van der Waals surface area contributed by atoms with Crippen LogP contribution in [0.5, 0.6) is 5.75 Å². The van der Waals surface area contributed by atoms with Crippen molar-refractivity contribution in [2.24, 2.45) is 0 Å². The van der Waals surface area contributed by atoms with Crippen LogP contribution in [0.25, 0.3) is 11.0 Å². The zero-order valence-electron chi connectivity index (χ0n) is 16.1. The molecule has 0 bridgehead atoms. The third-order valence-corrected chi connectivity index (χ3v) is 5.33. The van der Waals surface area contributed by atoms with E-state index in [0.29, 0.717) is 6.42 Å². The topological polar surface area (TPSA) is 79.0 Å². The molecule has 6 heteroatoms. The van der Waals surface area contributed by atoms with E-state index in [1.54, 1.807) is 7.11 Å². The largest absolute Gasteiger partial charge is 0.497 e. The van der Waals surface area contributed by atoms with Crippen LogP contribution in [0.1, 0.15) is 43.1 Å². The Hall–Kier alpha value is -3.02. The molecule has 3 N–H and O–H groups in total. The van der Waals surface area contributed by atoms with Crippen molar-refractivity contribution in [2.45, 2.75) is 44.2 Å². The Morgan fingerprint density at radius 3 is 2.64 bits per heavy atom. The fourth-order valence-corrected chi connectivity index (χ4v) is 3.81. The lowest BCUT2D eigenvalue weighted by Gasteiger charge is -2.19. The summed E-state index contributed by atoms with van der Waals surface area (Å²) in [7, 11) is 1.65. The van der Waals surface area contributed by atoms with E-state index in [4.69, 9.17) is 9.72 Å². The molecule has 3 aromatic rings. The Morgan fingerprint density at radius 1 is 1.18 bits per heavy atom. The van der Waals surface area contributed by atoms with Crippen LogP contribution in [-0.2, 0) is 6.42 Å². The average molecular weight is 378 g/mol. The summed E-state index contributed by atoms with van der Waals surface area (Å²) in [6, 6.07) is 15.7. The summed E-state index contributed by atoms with van der Waals surface area (Å²) in [5.74, 6) is 1.58. The number of para-hydroxylation sites is 2. The highest BCUT2D eigenvalue weighted by molar-refractivity contribution is 5.76. The van der Waals surface area contributed by atoms with Gasteiger partial charge in [-0.15, -0.1) is 0 Å². The average Bonchev–Trinajstić information content (AvgIpc) is 3.37. The first-order valence-electron chi connectivity index (χ1n) is 9.86. The van der Waals surface area contributed by atoms with Crippen LogP contribution in [0.2, 0.25) is 0 Å². The van der Waals surface area contributed by atoms with Gasteiger partial charge in [-0.05, 0) is 49.1 Å². The van der Waals surface area contributed by atoms with Crippen molar-refractivity contribution in [3.8, 4) is 5.75 Å². The van der Waals surface area contributed by atoms with Gasteiger partial charge in [0.1, 0.15) is 11.6 Å². The molecule has 1 aromatic heterocycles. The van der Waals surface area contributed by atoms with Crippen LogP contribution in [-0.4, -0.2) is 29.2 Å². The van der Waals surface area contributed by atoms with Crippen molar-refractivity contribution in [3.05, 3.63) is 59.9 Å². The zero-order chi connectivity index (χ0) is 19.3. The standard InChI is InChI=1S/C22H26N4O2/c1-28-17-12-10-15(11-13-17)14-20(26-22(27)23-16-6-2-3-7-16)21-24-18-8-4-5-9-19(18)25-21/h4-5,8-13,16,20H,2-3,6-7,14H2,1H3,(H,24,25)(H2,23,26,27)/t20-/m1/s1. The van der Waals surface area contributed by atoms with E-state index in [0.717, 1.165) is 41.0 Å². The number of urea groups is 1. The van der Waals surface area contributed by atoms with Crippen molar-refractivity contribution >= 4 is 17.1 Å². The number of aromatic amines is 1. The first-order chi connectivity index (χ1) is 13.7. The molecule has 0 spiro atoms. The van der Waals surface area contributed by atoms with Gasteiger partial charge >= 0.3 is 6.03 Å². The summed E-state index contributed by atoms with van der Waals surface area (Å²) in [6.07, 6.45) is 5.12. The van der Waals surface area contributed by atoms with Crippen LogP contribution < -0.4 is 15.4 Å². The number of methoxy groups -OCH3 is 1. The number of nitrogens with zero attached hydrogens (tertiary/aromatic N) is 1. The normalized spacial score (nSPS) is 15.5. The van der Waals surface area contributed by atoms with Gasteiger partial charge in [-0.1, -0.05) is 37.1 Å². The van der Waals surface area contributed by atoms with E-state index in [-0.39, 0.29) is 18.1 Å². The van der Waals surface area contributed by atoms with Crippen LogP contribution >= 0.6 is 0 Å². The number of carbonyl (C=O) groups is 1.